The number of nitrogens with zero attached hydrogens (tertiary/aromatic N) is 3. The number of aromatic nitrogens is 3. The number of anilines is 1. The molecule has 8 nitrogen and oxygen atoms in total. The quantitative estimate of drug-likeness (QED) is 0.291. The van der Waals surface area contributed by atoms with Crippen molar-refractivity contribution in [1.29, 1.82) is 0 Å². The van der Waals surface area contributed by atoms with Gasteiger partial charge in [0.2, 0.25) is 5.60 Å². The van der Waals surface area contributed by atoms with Gasteiger partial charge in [0.15, 0.2) is 21.3 Å². The molecule has 0 radical (unpaired) electrons. The van der Waals surface area contributed by atoms with Crippen LogP contribution in [0.25, 0.3) is 11.2 Å². The van der Waals surface area contributed by atoms with E-state index in [9.17, 15) is 35.9 Å². The average Bonchev–Trinajstić information content (AvgIpc) is 3.63. The Balaban J connectivity index is 1.46. The van der Waals surface area contributed by atoms with Gasteiger partial charge in [0.05, 0.1) is 10.6 Å². The van der Waals surface area contributed by atoms with Crippen LogP contribution in [0.1, 0.15) is 41.6 Å². The van der Waals surface area contributed by atoms with Crippen molar-refractivity contribution in [2.75, 3.05) is 11.1 Å². The lowest BCUT2D eigenvalue weighted by atomic mass is 9.92. The largest absolute Gasteiger partial charge is 0.428 e. The monoisotopic (exact) mass is 576 g/mol. The molecule has 0 saturated heterocycles. The fourth-order valence-corrected chi connectivity index (χ4v) is 6.14. The first-order valence-electron chi connectivity index (χ1n) is 12.4. The number of fused-ring (bicyclic) bond motifs is 1. The van der Waals surface area contributed by atoms with Gasteiger partial charge in [-0.3, -0.25) is 4.79 Å². The number of pyridine rings is 1. The van der Waals surface area contributed by atoms with Crippen LogP contribution in [0, 0.1) is 11.7 Å². The lowest BCUT2D eigenvalue weighted by Gasteiger charge is -2.30. The van der Waals surface area contributed by atoms with Crippen molar-refractivity contribution in [2.24, 2.45) is 5.92 Å². The van der Waals surface area contributed by atoms with Gasteiger partial charge >= 0.3 is 6.18 Å². The molecule has 2 aromatic heterocycles. The molecule has 1 aliphatic rings. The topological polar surface area (TPSA) is 114 Å². The van der Waals surface area contributed by atoms with E-state index < -0.39 is 44.7 Å². The van der Waals surface area contributed by atoms with Gasteiger partial charge in [0.1, 0.15) is 17.0 Å². The van der Waals surface area contributed by atoms with E-state index in [1.807, 2.05) is 0 Å². The molecule has 1 aliphatic carbocycles. The third-order valence-electron chi connectivity index (χ3n) is 6.76. The molecule has 1 fully saturated rings. The zero-order valence-electron chi connectivity index (χ0n) is 21.1. The van der Waals surface area contributed by atoms with Crippen molar-refractivity contribution in [3.63, 3.8) is 0 Å². The predicted molar refractivity (Wildman–Crippen MR) is 138 cm³/mol. The number of imidazole rings is 1. The summed E-state index contributed by atoms with van der Waals surface area (Å²) in [5.74, 6) is -1.97. The van der Waals surface area contributed by atoms with Gasteiger partial charge in [-0.2, -0.15) is 13.2 Å². The Morgan fingerprint density at radius 3 is 2.25 bits per heavy atom. The number of hydrogen-bond donors (Lipinski definition) is 2. The minimum Gasteiger partial charge on any atom is -0.370 e. The molecule has 2 heterocycles. The molecule has 1 saturated carbocycles. The molecule has 40 heavy (non-hydrogen) atoms. The zero-order chi connectivity index (χ0) is 28.9. The van der Waals surface area contributed by atoms with Crippen LogP contribution in [-0.2, 0) is 22.0 Å². The molecule has 0 aliphatic heterocycles. The van der Waals surface area contributed by atoms with Gasteiger partial charge in [-0.1, -0.05) is 12.1 Å². The minimum absolute atomic E-state index is 0.00316. The van der Waals surface area contributed by atoms with E-state index in [1.165, 1.54) is 43.3 Å². The third kappa shape index (κ3) is 5.06. The minimum atomic E-state index is -5.22. The van der Waals surface area contributed by atoms with Crippen LogP contribution in [0.4, 0.5) is 23.2 Å². The molecule has 5 rings (SSSR count). The Bertz CT molecular complexity index is 1680. The number of carbonyl (C=O) groups excluding carboxylic acids is 1. The second-order valence-electron chi connectivity index (χ2n) is 9.64. The second kappa shape index (κ2) is 9.97. The number of aliphatic hydroxyl groups is 1. The number of hydrogen-bond acceptors (Lipinski definition) is 6. The van der Waals surface area contributed by atoms with E-state index in [4.69, 9.17) is 0 Å². The van der Waals surface area contributed by atoms with Crippen LogP contribution in [0.15, 0.2) is 65.6 Å². The summed E-state index contributed by atoms with van der Waals surface area (Å²) in [5, 5.41) is 13.6. The molecular weight excluding hydrogens is 552 g/mol. The molecule has 0 spiro atoms. The van der Waals surface area contributed by atoms with Gasteiger partial charge in [0.25, 0.3) is 5.91 Å². The summed E-state index contributed by atoms with van der Waals surface area (Å²) in [4.78, 5) is 21.3. The Labute approximate surface area is 226 Å². The van der Waals surface area contributed by atoms with Crippen molar-refractivity contribution < 1.29 is 35.9 Å². The summed E-state index contributed by atoms with van der Waals surface area (Å²) >= 11 is 0. The SMILES string of the molecule is CCn1c(C(O)(c2ccc(F)cc2)C(F)(F)F)nc2ccc(C(=O)Nc3ccc(S(=O)(=O)CC4CC4)cc3)nc21. The fraction of sp³-hybridized carbons (Fsp3) is 0.296. The smallest absolute Gasteiger partial charge is 0.370 e. The zero-order valence-corrected chi connectivity index (χ0v) is 21.9. The second-order valence-corrected chi connectivity index (χ2v) is 11.7. The van der Waals surface area contributed by atoms with Crippen LogP contribution >= 0.6 is 0 Å². The molecule has 2 N–H and O–H groups in total. The van der Waals surface area contributed by atoms with Gasteiger partial charge in [-0.25, -0.2) is 22.8 Å². The van der Waals surface area contributed by atoms with Gasteiger partial charge < -0.3 is 15.0 Å². The highest BCUT2D eigenvalue weighted by Gasteiger charge is 2.59. The first-order valence-corrected chi connectivity index (χ1v) is 14.1. The Morgan fingerprint density at radius 1 is 1.02 bits per heavy atom. The summed E-state index contributed by atoms with van der Waals surface area (Å²) in [7, 11) is -3.42. The maximum atomic E-state index is 14.3. The number of carbonyl (C=O) groups is 1. The Morgan fingerprint density at radius 2 is 1.68 bits per heavy atom. The van der Waals surface area contributed by atoms with Crippen molar-refractivity contribution in [2.45, 2.75) is 43.0 Å². The van der Waals surface area contributed by atoms with E-state index in [0.29, 0.717) is 5.69 Å². The molecule has 1 unspecified atom stereocenters. The van der Waals surface area contributed by atoms with E-state index >= 15 is 0 Å². The predicted octanol–water partition coefficient (Wildman–Crippen LogP) is 4.82. The first kappa shape index (κ1) is 27.7. The number of rotatable bonds is 8. The number of sulfone groups is 1. The molecule has 1 atom stereocenters. The maximum absolute atomic E-state index is 14.3. The lowest BCUT2D eigenvalue weighted by molar-refractivity contribution is -0.252. The highest BCUT2D eigenvalue weighted by Crippen LogP contribution is 2.44. The molecule has 2 aromatic carbocycles. The molecule has 0 bridgehead atoms. The normalized spacial score (nSPS) is 15.7. The summed E-state index contributed by atoms with van der Waals surface area (Å²) in [5.41, 5.74) is -4.13. The van der Waals surface area contributed by atoms with Crippen molar-refractivity contribution in [1.82, 2.24) is 14.5 Å². The number of amides is 1. The van der Waals surface area contributed by atoms with Crippen molar-refractivity contribution >= 4 is 32.6 Å². The molecule has 13 heteroatoms. The standard InChI is InChI=1S/C27H24F4N4O4S/c1-2-35-23-21(34-25(35)26(37,27(29,30)31)17-5-7-18(28)8-6-17)13-14-22(33-23)24(36)32-19-9-11-20(12-10-19)40(38,39)15-16-3-4-16/h5-14,16,37H,2-4,15H2,1H3,(H,32,36). The van der Waals surface area contributed by atoms with Crippen LogP contribution in [0.5, 0.6) is 0 Å². The van der Waals surface area contributed by atoms with Gasteiger partial charge in [-0.15, -0.1) is 0 Å². The summed E-state index contributed by atoms with van der Waals surface area (Å²) in [6, 6.07) is 11.5. The van der Waals surface area contributed by atoms with Crippen LogP contribution in [0.3, 0.4) is 0 Å². The van der Waals surface area contributed by atoms with E-state index in [2.05, 4.69) is 15.3 Å². The van der Waals surface area contributed by atoms with Crippen LogP contribution < -0.4 is 5.32 Å². The average molecular weight is 577 g/mol. The molecule has 1 amide bonds. The highest BCUT2D eigenvalue weighted by molar-refractivity contribution is 7.91. The number of alkyl halides is 3. The number of nitrogens with one attached hydrogen (secondary N) is 1. The number of aryl methyl sites for hydroxylation is 1. The summed E-state index contributed by atoms with van der Waals surface area (Å²) in [6.07, 6.45) is -3.44. The number of benzene rings is 2. The molecule has 4 aromatic rings. The van der Waals surface area contributed by atoms with E-state index in [-0.39, 0.29) is 40.0 Å². The lowest BCUT2D eigenvalue weighted by Crippen LogP contribution is -2.45. The van der Waals surface area contributed by atoms with Gasteiger partial charge in [-0.05, 0) is 74.2 Å². The third-order valence-corrected chi connectivity index (χ3v) is 8.66. The van der Waals surface area contributed by atoms with Crippen molar-refractivity contribution in [3.8, 4) is 0 Å². The van der Waals surface area contributed by atoms with E-state index in [1.54, 1.807) is 0 Å². The van der Waals surface area contributed by atoms with Gasteiger partial charge in [0, 0.05) is 17.8 Å². The molecule has 210 valence electrons. The van der Waals surface area contributed by atoms with Crippen LogP contribution in [-0.4, -0.2) is 45.9 Å². The maximum Gasteiger partial charge on any atom is 0.428 e. The Hall–Kier alpha value is -3.84. The first-order chi connectivity index (χ1) is 18.8. The van der Waals surface area contributed by atoms with E-state index in [0.717, 1.165) is 41.7 Å². The summed E-state index contributed by atoms with van der Waals surface area (Å²) < 4.78 is 82.3. The van der Waals surface area contributed by atoms with Crippen molar-refractivity contribution in [3.05, 3.63) is 83.6 Å². The Kier molecular flexibility index (Phi) is 6.91. The highest BCUT2D eigenvalue weighted by atomic mass is 32.2. The fourth-order valence-electron chi connectivity index (χ4n) is 4.45. The summed E-state index contributed by atoms with van der Waals surface area (Å²) in [6.45, 7) is 1.44. The molecular formula is C27H24F4N4O4S. The number of halogens is 4. The van der Waals surface area contributed by atoms with Crippen LogP contribution in [0.2, 0.25) is 0 Å².